The van der Waals surface area contributed by atoms with Crippen molar-refractivity contribution in [3.8, 4) is 6.07 Å². The minimum atomic E-state index is -0.425. The van der Waals surface area contributed by atoms with Gasteiger partial charge >= 0.3 is 5.97 Å². The number of tetrazole rings is 1. The number of nitriles is 1. The number of hydrogen-bond acceptors (Lipinski definition) is 7. The Morgan fingerprint density at radius 1 is 1.57 bits per heavy atom. The Hall–Kier alpha value is -2.48. The van der Waals surface area contributed by atoms with Crippen LogP contribution in [0, 0.1) is 14.9 Å². The normalized spacial score (nSPS) is 10.8. The third kappa shape index (κ3) is 3.34. The van der Waals surface area contributed by atoms with Gasteiger partial charge in [-0.3, -0.25) is 0 Å². The number of methoxy groups -OCH3 is 1. The number of ether oxygens (including phenoxy) is 1. The van der Waals surface area contributed by atoms with Crippen LogP contribution in [-0.4, -0.2) is 33.7 Å². The van der Waals surface area contributed by atoms with E-state index in [4.69, 9.17) is 10.00 Å². The third-order valence-electron chi connectivity index (χ3n) is 2.48. The molecule has 0 amide bonds. The van der Waals surface area contributed by atoms with Gasteiger partial charge in [-0.25, -0.2) is 4.79 Å². The average molecular weight is 396 g/mol. The molecular weight excluding hydrogens is 387 g/mol. The van der Waals surface area contributed by atoms with Crippen molar-refractivity contribution in [1.82, 2.24) is 20.6 Å². The first-order valence-corrected chi connectivity index (χ1v) is 6.72. The zero-order valence-electron chi connectivity index (χ0n) is 10.8. The Morgan fingerprint density at radius 2 is 2.38 bits per heavy atom. The lowest BCUT2D eigenvalue weighted by molar-refractivity contribution is 0.0599. The van der Waals surface area contributed by atoms with Crippen molar-refractivity contribution in [3.63, 3.8) is 0 Å². The number of hydrogen-bond donors (Lipinski definition) is 2. The van der Waals surface area contributed by atoms with Gasteiger partial charge in [-0.15, -0.1) is 10.2 Å². The summed E-state index contributed by atoms with van der Waals surface area (Å²) >= 11 is 2.03. The lowest BCUT2D eigenvalue weighted by Gasteiger charge is -2.08. The summed E-state index contributed by atoms with van der Waals surface area (Å²) in [4.78, 5) is 11.6. The number of H-pyrrole nitrogens is 1. The topological polar surface area (TPSA) is 117 Å². The average Bonchev–Trinajstić information content (AvgIpc) is 3.03. The molecule has 2 N–H and O–H groups in total. The van der Waals surface area contributed by atoms with Gasteiger partial charge in [-0.1, -0.05) is 6.07 Å². The first-order chi connectivity index (χ1) is 10.2. The van der Waals surface area contributed by atoms with Gasteiger partial charge in [0.25, 0.3) is 0 Å². The smallest absolute Gasteiger partial charge is 0.339 e. The van der Waals surface area contributed by atoms with E-state index < -0.39 is 5.97 Å². The molecule has 2 aromatic rings. The number of nitrogens with zero attached hydrogens (tertiary/aromatic N) is 4. The van der Waals surface area contributed by atoms with Crippen LogP contribution in [0.3, 0.4) is 0 Å². The van der Waals surface area contributed by atoms with Gasteiger partial charge in [-0.2, -0.15) is 10.5 Å². The first kappa shape index (κ1) is 14.9. The molecule has 106 valence electrons. The van der Waals surface area contributed by atoms with Crippen LogP contribution in [0.25, 0.3) is 5.57 Å². The van der Waals surface area contributed by atoms with Crippen molar-refractivity contribution in [3.05, 3.63) is 39.4 Å². The van der Waals surface area contributed by atoms with Crippen LogP contribution < -0.4 is 5.32 Å². The molecule has 8 nitrogen and oxygen atoms in total. The number of benzene rings is 1. The highest BCUT2D eigenvalue weighted by Gasteiger charge is 2.13. The van der Waals surface area contributed by atoms with Crippen molar-refractivity contribution in [2.24, 2.45) is 0 Å². The molecule has 2 rings (SSSR count). The van der Waals surface area contributed by atoms with Gasteiger partial charge in [-0.05, 0) is 39.9 Å². The monoisotopic (exact) mass is 396 g/mol. The molecule has 0 aliphatic rings. The van der Waals surface area contributed by atoms with Crippen LogP contribution in [0.5, 0.6) is 0 Å². The van der Waals surface area contributed by atoms with Crippen molar-refractivity contribution in [2.75, 3.05) is 12.4 Å². The predicted octanol–water partition coefficient (Wildman–Crippen LogP) is 1.57. The second-order valence-electron chi connectivity index (χ2n) is 3.71. The van der Waals surface area contributed by atoms with E-state index in [1.165, 1.54) is 13.3 Å². The van der Waals surface area contributed by atoms with E-state index in [0.29, 0.717) is 14.8 Å². The molecular formula is C12H9IN6O2. The Kier molecular flexibility index (Phi) is 4.83. The van der Waals surface area contributed by atoms with Crippen LogP contribution in [0.15, 0.2) is 24.4 Å². The number of aromatic nitrogens is 4. The lowest BCUT2D eigenvalue weighted by atomic mass is 10.2. The van der Waals surface area contributed by atoms with Gasteiger partial charge < -0.3 is 10.1 Å². The molecule has 9 heteroatoms. The molecule has 0 atom stereocenters. The summed E-state index contributed by atoms with van der Waals surface area (Å²) in [6.45, 7) is 0. The van der Waals surface area contributed by atoms with Gasteiger partial charge in [0.2, 0.25) is 5.82 Å². The maximum Gasteiger partial charge on any atom is 0.339 e. The molecule has 0 bridgehead atoms. The van der Waals surface area contributed by atoms with Gasteiger partial charge in [0.1, 0.15) is 11.6 Å². The van der Waals surface area contributed by atoms with Gasteiger partial charge in [0, 0.05) is 6.20 Å². The van der Waals surface area contributed by atoms with Crippen molar-refractivity contribution in [1.29, 1.82) is 5.26 Å². The second-order valence-corrected chi connectivity index (χ2v) is 4.79. The molecule has 0 unspecified atom stereocenters. The number of halogens is 1. The zero-order valence-corrected chi connectivity index (χ0v) is 13.0. The molecule has 1 aromatic heterocycles. The summed E-state index contributed by atoms with van der Waals surface area (Å²) in [5.74, 6) is -0.241. The van der Waals surface area contributed by atoms with Crippen LogP contribution >= 0.6 is 22.6 Å². The number of allylic oxidation sites excluding steroid dienone is 1. The Balaban J connectivity index is 2.28. The van der Waals surface area contributed by atoms with E-state index in [9.17, 15) is 4.79 Å². The van der Waals surface area contributed by atoms with E-state index in [1.807, 2.05) is 28.7 Å². The number of rotatable bonds is 4. The molecule has 0 aliphatic heterocycles. The van der Waals surface area contributed by atoms with Crippen LogP contribution in [0.1, 0.15) is 16.2 Å². The third-order valence-corrected chi connectivity index (χ3v) is 3.64. The van der Waals surface area contributed by atoms with Crippen molar-refractivity contribution >= 4 is 39.8 Å². The van der Waals surface area contributed by atoms with Gasteiger partial charge in [0.15, 0.2) is 0 Å². The Morgan fingerprint density at radius 3 is 3.00 bits per heavy atom. The summed E-state index contributed by atoms with van der Waals surface area (Å²) in [6, 6.07) is 7.11. The maximum absolute atomic E-state index is 11.6. The molecule has 0 aliphatic carbocycles. The summed E-state index contributed by atoms with van der Waals surface area (Å²) in [5, 5.41) is 25.1. The molecule has 0 spiro atoms. The minimum Gasteiger partial charge on any atom is -0.465 e. The van der Waals surface area contributed by atoms with Crippen LogP contribution in [-0.2, 0) is 4.74 Å². The highest BCUT2D eigenvalue weighted by atomic mass is 127. The summed E-state index contributed by atoms with van der Waals surface area (Å²) < 4.78 is 5.39. The molecule has 0 saturated carbocycles. The summed E-state index contributed by atoms with van der Waals surface area (Å²) in [7, 11) is 1.32. The SMILES string of the molecule is COC(=O)c1cccc(NC=C(C#N)c2nn[nH]n2)c1I. The van der Waals surface area contributed by atoms with Crippen molar-refractivity contribution in [2.45, 2.75) is 0 Å². The van der Waals surface area contributed by atoms with E-state index in [2.05, 4.69) is 25.9 Å². The maximum atomic E-state index is 11.6. The van der Waals surface area contributed by atoms with E-state index in [-0.39, 0.29) is 11.4 Å². The van der Waals surface area contributed by atoms with Gasteiger partial charge in [0.05, 0.1) is 21.9 Å². The quantitative estimate of drug-likeness (QED) is 0.458. The van der Waals surface area contributed by atoms with E-state index >= 15 is 0 Å². The lowest BCUT2D eigenvalue weighted by Crippen LogP contribution is -2.05. The summed E-state index contributed by atoms with van der Waals surface area (Å²) in [6.07, 6.45) is 1.45. The van der Waals surface area contributed by atoms with Crippen molar-refractivity contribution < 1.29 is 9.53 Å². The highest BCUT2D eigenvalue weighted by Crippen LogP contribution is 2.23. The molecule has 0 fully saturated rings. The highest BCUT2D eigenvalue weighted by molar-refractivity contribution is 14.1. The molecule has 21 heavy (non-hydrogen) atoms. The standard InChI is InChI=1S/C12H9IN6O2/c1-21-12(20)8-3-2-4-9(10(8)13)15-6-7(5-14)11-16-18-19-17-11/h2-4,6,15H,1H3,(H,16,17,18,19). The van der Waals surface area contributed by atoms with E-state index in [1.54, 1.807) is 18.2 Å². The predicted molar refractivity (Wildman–Crippen MR) is 81.9 cm³/mol. The number of carbonyl (C=O) groups is 1. The molecule has 1 aromatic carbocycles. The minimum absolute atomic E-state index is 0.184. The summed E-state index contributed by atoms with van der Waals surface area (Å²) in [5.41, 5.74) is 1.31. The fourth-order valence-electron chi connectivity index (χ4n) is 1.48. The Labute approximate surface area is 133 Å². The number of anilines is 1. The first-order valence-electron chi connectivity index (χ1n) is 5.64. The molecule has 0 radical (unpaired) electrons. The second kappa shape index (κ2) is 6.80. The van der Waals surface area contributed by atoms with Crippen LogP contribution in [0.2, 0.25) is 0 Å². The number of esters is 1. The molecule has 1 heterocycles. The van der Waals surface area contributed by atoms with Crippen LogP contribution in [0.4, 0.5) is 5.69 Å². The van der Waals surface area contributed by atoms with E-state index in [0.717, 1.165) is 0 Å². The fourth-order valence-corrected chi connectivity index (χ4v) is 2.22. The zero-order chi connectivity index (χ0) is 15.2. The number of nitrogens with one attached hydrogen (secondary N) is 2. The fraction of sp³-hybridized carbons (Fsp3) is 0.0833. The molecule has 0 saturated heterocycles. The Bertz CT molecular complexity index is 720. The largest absolute Gasteiger partial charge is 0.465 e. The number of carbonyl (C=O) groups excluding carboxylic acids is 1. The number of aromatic amines is 1.